The first-order chi connectivity index (χ1) is 10.1. The van der Waals surface area contributed by atoms with Crippen LogP contribution in [0.2, 0.25) is 0 Å². The molecule has 0 saturated carbocycles. The maximum Gasteiger partial charge on any atom is 0.348 e. The predicted molar refractivity (Wildman–Crippen MR) is 76.5 cm³/mol. The minimum absolute atomic E-state index is 0.309. The number of nitrogens with zero attached hydrogens (tertiary/aromatic N) is 1. The normalized spacial score (nSPS) is 13.0. The summed E-state index contributed by atoms with van der Waals surface area (Å²) in [5, 5.41) is 6.12. The van der Waals surface area contributed by atoms with Crippen LogP contribution in [0.25, 0.3) is 0 Å². The van der Waals surface area contributed by atoms with Crippen LogP contribution < -0.4 is 5.32 Å². The van der Waals surface area contributed by atoms with Crippen LogP contribution in [0.4, 0.5) is 5.82 Å². The zero-order valence-corrected chi connectivity index (χ0v) is 12.3. The molecule has 0 fully saturated rings. The third-order valence-electron chi connectivity index (χ3n) is 3.18. The van der Waals surface area contributed by atoms with Crippen molar-refractivity contribution >= 4 is 29.0 Å². The molecular formula is C14H14N2O4S. The number of esters is 1. The van der Waals surface area contributed by atoms with E-state index in [0.717, 1.165) is 19.3 Å². The van der Waals surface area contributed by atoms with E-state index in [9.17, 15) is 9.59 Å². The van der Waals surface area contributed by atoms with Crippen molar-refractivity contribution in [2.45, 2.75) is 26.2 Å². The second-order valence-electron chi connectivity index (χ2n) is 4.86. The zero-order chi connectivity index (χ0) is 14.8. The quantitative estimate of drug-likeness (QED) is 0.877. The molecular weight excluding hydrogens is 292 g/mol. The van der Waals surface area contributed by atoms with Crippen LogP contribution in [0.1, 0.15) is 32.3 Å². The number of aryl methyl sites for hydroxylation is 3. The van der Waals surface area contributed by atoms with Gasteiger partial charge >= 0.3 is 5.97 Å². The third-order valence-corrected chi connectivity index (χ3v) is 4.39. The van der Waals surface area contributed by atoms with Gasteiger partial charge in [0, 0.05) is 10.9 Å². The second kappa shape index (κ2) is 5.69. The van der Waals surface area contributed by atoms with Crippen molar-refractivity contribution in [3.05, 3.63) is 33.2 Å². The van der Waals surface area contributed by atoms with Gasteiger partial charge in [0.05, 0.1) is 0 Å². The van der Waals surface area contributed by atoms with Gasteiger partial charge in [-0.15, -0.1) is 11.3 Å². The largest absolute Gasteiger partial charge is 0.451 e. The molecule has 6 nitrogen and oxygen atoms in total. The van der Waals surface area contributed by atoms with Gasteiger partial charge in [-0.3, -0.25) is 4.79 Å². The number of rotatable bonds is 4. The summed E-state index contributed by atoms with van der Waals surface area (Å²) in [7, 11) is 0. The first-order valence-electron chi connectivity index (χ1n) is 6.63. The first-order valence-corrected chi connectivity index (χ1v) is 7.45. The fourth-order valence-electron chi connectivity index (χ4n) is 2.24. The van der Waals surface area contributed by atoms with Crippen molar-refractivity contribution in [2.24, 2.45) is 0 Å². The van der Waals surface area contributed by atoms with E-state index in [0.29, 0.717) is 16.5 Å². The van der Waals surface area contributed by atoms with Crippen LogP contribution in [0.5, 0.6) is 0 Å². The summed E-state index contributed by atoms with van der Waals surface area (Å²) in [5.74, 6) is 0.000625. The number of ether oxygens (including phenoxy) is 1. The number of anilines is 1. The Morgan fingerprint density at radius 1 is 1.43 bits per heavy atom. The van der Waals surface area contributed by atoms with E-state index in [2.05, 4.69) is 10.5 Å². The maximum absolute atomic E-state index is 11.9. The Labute approximate surface area is 125 Å². The van der Waals surface area contributed by atoms with Crippen LogP contribution in [-0.4, -0.2) is 23.6 Å². The molecule has 0 unspecified atom stereocenters. The Hall–Kier alpha value is -2.15. The smallest absolute Gasteiger partial charge is 0.348 e. The number of hydrogen-bond acceptors (Lipinski definition) is 6. The van der Waals surface area contributed by atoms with Gasteiger partial charge in [-0.2, -0.15) is 0 Å². The predicted octanol–water partition coefficient (Wildman–Crippen LogP) is 2.33. The van der Waals surface area contributed by atoms with Gasteiger partial charge in [-0.05, 0) is 37.8 Å². The van der Waals surface area contributed by atoms with Crippen molar-refractivity contribution in [3.8, 4) is 0 Å². The molecule has 1 aliphatic carbocycles. The Balaban J connectivity index is 1.52. The molecule has 0 saturated heterocycles. The minimum atomic E-state index is -0.458. The average Bonchev–Trinajstić information content (AvgIpc) is 3.11. The zero-order valence-electron chi connectivity index (χ0n) is 11.5. The lowest BCUT2D eigenvalue weighted by Gasteiger charge is -2.02. The molecule has 3 rings (SSSR count). The van der Waals surface area contributed by atoms with Gasteiger partial charge in [-0.1, -0.05) is 5.16 Å². The number of nitrogens with one attached hydrogen (secondary N) is 1. The molecule has 1 amide bonds. The molecule has 7 heteroatoms. The highest BCUT2D eigenvalue weighted by Gasteiger charge is 2.20. The van der Waals surface area contributed by atoms with Gasteiger partial charge in [0.25, 0.3) is 5.91 Å². The fourth-order valence-corrected chi connectivity index (χ4v) is 3.38. The highest BCUT2D eigenvalue weighted by molar-refractivity contribution is 7.14. The summed E-state index contributed by atoms with van der Waals surface area (Å²) in [4.78, 5) is 25.3. The summed E-state index contributed by atoms with van der Waals surface area (Å²) in [6.07, 6.45) is 3.19. The van der Waals surface area contributed by atoms with Crippen LogP contribution >= 0.6 is 11.3 Å². The van der Waals surface area contributed by atoms with Crippen molar-refractivity contribution in [3.63, 3.8) is 0 Å². The topological polar surface area (TPSA) is 81.4 Å². The SMILES string of the molecule is Cc1cc(NC(=O)COC(=O)c2cc3c(s2)CCC3)no1. The molecule has 21 heavy (non-hydrogen) atoms. The van der Waals surface area contributed by atoms with Crippen LogP contribution in [0.15, 0.2) is 16.7 Å². The van der Waals surface area contributed by atoms with Crippen molar-refractivity contribution in [2.75, 3.05) is 11.9 Å². The number of fused-ring (bicyclic) bond motifs is 1. The van der Waals surface area contributed by atoms with Gasteiger partial charge in [0.15, 0.2) is 12.4 Å². The summed E-state index contributed by atoms with van der Waals surface area (Å²) in [5.41, 5.74) is 1.23. The van der Waals surface area contributed by atoms with Gasteiger partial charge in [0.2, 0.25) is 0 Å². The molecule has 0 bridgehead atoms. The van der Waals surface area contributed by atoms with E-state index < -0.39 is 11.9 Å². The lowest BCUT2D eigenvalue weighted by molar-refractivity contribution is -0.119. The Bertz CT molecular complexity index is 667. The molecule has 110 valence electrons. The molecule has 0 atom stereocenters. The van der Waals surface area contributed by atoms with E-state index in [1.807, 2.05) is 6.07 Å². The highest BCUT2D eigenvalue weighted by atomic mass is 32.1. The van der Waals surface area contributed by atoms with Crippen molar-refractivity contribution in [1.29, 1.82) is 0 Å². The number of hydrogen-bond donors (Lipinski definition) is 1. The maximum atomic E-state index is 11.9. The minimum Gasteiger partial charge on any atom is -0.451 e. The summed E-state index contributed by atoms with van der Waals surface area (Å²) >= 11 is 1.46. The van der Waals surface area contributed by atoms with E-state index in [1.165, 1.54) is 21.8 Å². The monoisotopic (exact) mass is 306 g/mol. The van der Waals surface area contributed by atoms with Crippen molar-refractivity contribution in [1.82, 2.24) is 5.16 Å². The van der Waals surface area contributed by atoms with Crippen molar-refractivity contribution < 1.29 is 18.8 Å². The van der Waals surface area contributed by atoms with Gasteiger partial charge < -0.3 is 14.6 Å². The Morgan fingerprint density at radius 3 is 3.00 bits per heavy atom. The number of carbonyl (C=O) groups is 2. The Morgan fingerprint density at radius 2 is 2.29 bits per heavy atom. The highest BCUT2D eigenvalue weighted by Crippen LogP contribution is 2.30. The third kappa shape index (κ3) is 3.13. The molecule has 1 N–H and O–H groups in total. The molecule has 2 heterocycles. The van der Waals surface area contributed by atoms with E-state index in [-0.39, 0.29) is 6.61 Å². The molecule has 0 aliphatic heterocycles. The molecule has 1 aliphatic rings. The standard InChI is InChI=1S/C14H14N2O4S/c1-8-5-12(16-20-8)15-13(17)7-19-14(18)11-6-9-3-2-4-10(9)21-11/h5-6H,2-4,7H2,1H3,(H,15,16,17). The molecule has 0 spiro atoms. The number of thiophene rings is 1. The lowest BCUT2D eigenvalue weighted by Crippen LogP contribution is -2.20. The average molecular weight is 306 g/mol. The van der Waals surface area contributed by atoms with Gasteiger partial charge in [0.1, 0.15) is 10.6 Å². The Kier molecular flexibility index (Phi) is 3.74. The number of aromatic nitrogens is 1. The second-order valence-corrected chi connectivity index (χ2v) is 6.00. The summed E-state index contributed by atoms with van der Waals surface area (Å²) in [6, 6.07) is 3.46. The number of amides is 1. The van der Waals surface area contributed by atoms with E-state index >= 15 is 0 Å². The fraction of sp³-hybridized carbons (Fsp3) is 0.357. The van der Waals surface area contributed by atoms with E-state index in [1.54, 1.807) is 13.0 Å². The van der Waals surface area contributed by atoms with E-state index in [4.69, 9.17) is 9.26 Å². The molecule has 2 aromatic rings. The van der Waals surface area contributed by atoms with Crippen LogP contribution in [0.3, 0.4) is 0 Å². The molecule has 0 aromatic carbocycles. The molecule has 0 radical (unpaired) electrons. The summed E-state index contributed by atoms with van der Waals surface area (Å²) < 4.78 is 9.83. The van der Waals surface area contributed by atoms with Crippen LogP contribution in [-0.2, 0) is 22.4 Å². The van der Waals surface area contributed by atoms with Gasteiger partial charge in [-0.25, -0.2) is 4.79 Å². The van der Waals surface area contributed by atoms with Crippen LogP contribution in [0, 0.1) is 6.92 Å². The first kappa shape index (κ1) is 13.8. The summed E-state index contributed by atoms with van der Waals surface area (Å²) in [6.45, 7) is 1.38. The number of carbonyl (C=O) groups excluding carboxylic acids is 2. The molecule has 2 aromatic heterocycles. The lowest BCUT2D eigenvalue weighted by atomic mass is 10.2.